The predicted octanol–water partition coefficient (Wildman–Crippen LogP) is 2.84. The Balaban J connectivity index is 0.00000133. The molecule has 0 saturated carbocycles. The summed E-state index contributed by atoms with van der Waals surface area (Å²) in [5.41, 5.74) is 1.29. The molecule has 1 aliphatic rings. The van der Waals surface area contributed by atoms with Crippen LogP contribution in [0.4, 0.5) is 5.69 Å². The van der Waals surface area contributed by atoms with E-state index < -0.39 is 0 Å². The van der Waals surface area contributed by atoms with E-state index >= 15 is 0 Å². The van der Waals surface area contributed by atoms with Gasteiger partial charge in [-0.3, -0.25) is 4.98 Å². The lowest BCUT2D eigenvalue weighted by Gasteiger charge is -2.33. The topological polar surface area (TPSA) is 28.2 Å². The van der Waals surface area contributed by atoms with Crippen LogP contribution in [0.15, 0.2) is 36.7 Å². The van der Waals surface area contributed by atoms with Gasteiger partial charge in [0.1, 0.15) is 0 Å². The molecule has 1 N–H and O–H groups in total. The van der Waals surface area contributed by atoms with Crippen molar-refractivity contribution in [3.05, 3.63) is 36.7 Å². The van der Waals surface area contributed by atoms with E-state index in [4.69, 9.17) is 0 Å². The van der Waals surface area contributed by atoms with E-state index in [1.807, 2.05) is 12.4 Å². The fourth-order valence-electron chi connectivity index (χ4n) is 2.70. The molecule has 3 rings (SSSR count). The number of pyridine rings is 1. The van der Waals surface area contributed by atoms with Crippen molar-refractivity contribution in [2.45, 2.75) is 18.9 Å². The number of aromatic nitrogens is 1. The monoisotopic (exact) mass is 277 g/mol. The standard InChI is InChI=1S/C15H19N3.ClH/c1-18(14-5-8-16-9-6-14)15-3-2-12-4-7-17-11-13(12)10-15;/h2-4,7,10-11,14,16H,5-6,8-9H2,1H3;1H. The number of benzene rings is 1. The van der Waals surface area contributed by atoms with Gasteiger partial charge in [-0.05, 0) is 49.5 Å². The summed E-state index contributed by atoms with van der Waals surface area (Å²) >= 11 is 0. The van der Waals surface area contributed by atoms with Gasteiger partial charge < -0.3 is 10.2 Å². The van der Waals surface area contributed by atoms with Gasteiger partial charge >= 0.3 is 0 Å². The molecule has 102 valence electrons. The Morgan fingerprint density at radius 1 is 1.16 bits per heavy atom. The number of fused-ring (bicyclic) bond motifs is 1. The molecule has 1 aliphatic heterocycles. The number of piperidine rings is 1. The summed E-state index contributed by atoms with van der Waals surface area (Å²) in [6.45, 7) is 2.26. The SMILES string of the molecule is CN(c1ccc2ccncc2c1)C1CCNCC1.Cl. The van der Waals surface area contributed by atoms with Crippen molar-refractivity contribution in [3.8, 4) is 0 Å². The molecule has 0 radical (unpaired) electrons. The summed E-state index contributed by atoms with van der Waals surface area (Å²) in [7, 11) is 2.20. The molecule has 19 heavy (non-hydrogen) atoms. The molecule has 2 heterocycles. The summed E-state index contributed by atoms with van der Waals surface area (Å²) in [4.78, 5) is 6.61. The van der Waals surface area contributed by atoms with E-state index in [1.54, 1.807) is 0 Å². The molecule has 0 atom stereocenters. The Hall–Kier alpha value is -1.32. The number of anilines is 1. The van der Waals surface area contributed by atoms with Crippen molar-refractivity contribution < 1.29 is 0 Å². The Morgan fingerprint density at radius 3 is 2.74 bits per heavy atom. The highest BCUT2D eigenvalue weighted by Crippen LogP contribution is 2.24. The van der Waals surface area contributed by atoms with Crippen molar-refractivity contribution in [2.75, 3.05) is 25.0 Å². The number of rotatable bonds is 2. The van der Waals surface area contributed by atoms with Gasteiger partial charge in [-0.15, -0.1) is 12.4 Å². The Kier molecular flexibility index (Phi) is 4.61. The van der Waals surface area contributed by atoms with Crippen LogP contribution in [0.1, 0.15) is 12.8 Å². The zero-order valence-corrected chi connectivity index (χ0v) is 12.0. The molecule has 0 bridgehead atoms. The first kappa shape index (κ1) is 14.1. The van der Waals surface area contributed by atoms with Gasteiger partial charge in [-0.25, -0.2) is 0 Å². The van der Waals surface area contributed by atoms with Crippen molar-refractivity contribution in [1.29, 1.82) is 0 Å². The lowest BCUT2D eigenvalue weighted by atomic mass is 10.0. The number of nitrogens with zero attached hydrogens (tertiary/aromatic N) is 2. The van der Waals surface area contributed by atoms with Gasteiger partial charge in [0.15, 0.2) is 0 Å². The second kappa shape index (κ2) is 6.22. The number of nitrogens with one attached hydrogen (secondary N) is 1. The van der Waals surface area contributed by atoms with Crippen LogP contribution in [0.25, 0.3) is 10.8 Å². The summed E-state index contributed by atoms with van der Waals surface area (Å²) in [5, 5.41) is 5.89. The van der Waals surface area contributed by atoms with Crippen LogP contribution in [-0.4, -0.2) is 31.2 Å². The highest BCUT2D eigenvalue weighted by molar-refractivity contribution is 5.85. The number of hydrogen-bond donors (Lipinski definition) is 1. The van der Waals surface area contributed by atoms with Gasteiger partial charge in [0, 0.05) is 36.6 Å². The predicted molar refractivity (Wildman–Crippen MR) is 83.3 cm³/mol. The number of hydrogen-bond acceptors (Lipinski definition) is 3. The van der Waals surface area contributed by atoms with E-state index in [1.165, 1.54) is 29.3 Å². The van der Waals surface area contributed by atoms with Crippen molar-refractivity contribution in [2.24, 2.45) is 0 Å². The fourth-order valence-corrected chi connectivity index (χ4v) is 2.70. The van der Waals surface area contributed by atoms with Crippen molar-refractivity contribution in [1.82, 2.24) is 10.3 Å². The molecule has 0 aliphatic carbocycles. The second-order valence-electron chi connectivity index (χ2n) is 5.00. The molecular formula is C15H20ClN3. The van der Waals surface area contributed by atoms with Crippen LogP contribution in [0.5, 0.6) is 0 Å². The molecule has 0 amide bonds. The minimum absolute atomic E-state index is 0. The lowest BCUT2D eigenvalue weighted by Crippen LogP contribution is -2.41. The summed E-state index contributed by atoms with van der Waals surface area (Å²) in [6.07, 6.45) is 6.23. The number of halogens is 1. The molecule has 4 heteroatoms. The van der Waals surface area contributed by atoms with Crippen LogP contribution in [0, 0.1) is 0 Å². The molecule has 3 nitrogen and oxygen atoms in total. The van der Waals surface area contributed by atoms with Gasteiger partial charge in [-0.1, -0.05) is 6.07 Å². The molecule has 1 saturated heterocycles. The molecule has 2 aromatic rings. The third-order valence-corrected chi connectivity index (χ3v) is 3.89. The van der Waals surface area contributed by atoms with Crippen LogP contribution in [0.2, 0.25) is 0 Å². The fraction of sp³-hybridized carbons (Fsp3) is 0.400. The van der Waals surface area contributed by atoms with E-state index in [2.05, 4.69) is 46.5 Å². The first-order chi connectivity index (χ1) is 8.84. The van der Waals surface area contributed by atoms with Crippen LogP contribution in [-0.2, 0) is 0 Å². The molecule has 0 spiro atoms. The minimum Gasteiger partial charge on any atom is -0.371 e. The van der Waals surface area contributed by atoms with Gasteiger partial charge in [0.2, 0.25) is 0 Å². The first-order valence-corrected chi connectivity index (χ1v) is 6.62. The van der Waals surface area contributed by atoms with E-state index in [0.717, 1.165) is 13.1 Å². The second-order valence-corrected chi connectivity index (χ2v) is 5.00. The quantitative estimate of drug-likeness (QED) is 0.915. The van der Waals surface area contributed by atoms with E-state index in [9.17, 15) is 0 Å². The molecular weight excluding hydrogens is 258 g/mol. The summed E-state index contributed by atoms with van der Waals surface area (Å²) in [5.74, 6) is 0. The third-order valence-electron chi connectivity index (χ3n) is 3.89. The summed E-state index contributed by atoms with van der Waals surface area (Å²) in [6, 6.07) is 9.35. The zero-order valence-electron chi connectivity index (χ0n) is 11.2. The van der Waals surface area contributed by atoms with Crippen LogP contribution >= 0.6 is 12.4 Å². The van der Waals surface area contributed by atoms with Crippen molar-refractivity contribution >= 4 is 28.9 Å². The highest BCUT2D eigenvalue weighted by Gasteiger charge is 2.18. The molecule has 1 fully saturated rings. The normalized spacial score (nSPS) is 16.1. The van der Waals surface area contributed by atoms with Gasteiger partial charge in [0.25, 0.3) is 0 Å². The lowest BCUT2D eigenvalue weighted by molar-refractivity contribution is 0.443. The van der Waals surface area contributed by atoms with E-state index in [0.29, 0.717) is 6.04 Å². The third kappa shape index (κ3) is 2.99. The molecule has 1 aromatic heterocycles. The van der Waals surface area contributed by atoms with Gasteiger partial charge in [0.05, 0.1) is 0 Å². The maximum absolute atomic E-state index is 4.20. The molecule has 0 unspecified atom stereocenters. The Bertz CT molecular complexity index is 538. The maximum Gasteiger partial charge on any atom is 0.0373 e. The van der Waals surface area contributed by atoms with Crippen LogP contribution < -0.4 is 10.2 Å². The Labute approximate surface area is 120 Å². The van der Waals surface area contributed by atoms with Crippen molar-refractivity contribution in [3.63, 3.8) is 0 Å². The van der Waals surface area contributed by atoms with E-state index in [-0.39, 0.29) is 12.4 Å². The Morgan fingerprint density at radius 2 is 1.95 bits per heavy atom. The van der Waals surface area contributed by atoms with Gasteiger partial charge in [-0.2, -0.15) is 0 Å². The first-order valence-electron chi connectivity index (χ1n) is 6.62. The average molecular weight is 278 g/mol. The zero-order chi connectivity index (χ0) is 12.4. The molecule has 1 aromatic carbocycles. The average Bonchev–Trinajstić information content (AvgIpc) is 2.47. The summed E-state index contributed by atoms with van der Waals surface area (Å²) < 4.78 is 0. The highest BCUT2D eigenvalue weighted by atomic mass is 35.5. The smallest absolute Gasteiger partial charge is 0.0373 e. The largest absolute Gasteiger partial charge is 0.371 e. The minimum atomic E-state index is 0. The van der Waals surface area contributed by atoms with Crippen LogP contribution in [0.3, 0.4) is 0 Å². The maximum atomic E-state index is 4.20.